The summed E-state index contributed by atoms with van der Waals surface area (Å²) in [5.74, 6) is 0.311. The number of thioether (sulfide) groups is 1. The Bertz CT molecular complexity index is 844. The van der Waals surface area contributed by atoms with E-state index in [0.29, 0.717) is 35.4 Å². The number of aliphatic hydroxyl groups is 1. The molecule has 0 radical (unpaired) electrons. The molecule has 29 heavy (non-hydrogen) atoms. The van der Waals surface area contributed by atoms with Gasteiger partial charge in [-0.2, -0.15) is 0 Å². The van der Waals surface area contributed by atoms with Crippen LogP contribution in [0.25, 0.3) is 0 Å². The summed E-state index contributed by atoms with van der Waals surface area (Å²) in [6.07, 6.45) is 1.66. The first-order valence-corrected chi connectivity index (χ1v) is 10.8. The van der Waals surface area contributed by atoms with E-state index in [2.05, 4.69) is 0 Å². The minimum absolute atomic E-state index is 0.0770. The number of nitrogens with two attached hydrogens (primary N) is 1. The molecule has 1 aliphatic carbocycles. The summed E-state index contributed by atoms with van der Waals surface area (Å²) >= 11 is 1.45. The maximum Gasteiger partial charge on any atom is 0.526 e. The molecule has 156 valence electrons. The number of hydrogen-bond acceptors (Lipinski definition) is 7. The van der Waals surface area contributed by atoms with E-state index in [-0.39, 0.29) is 23.2 Å². The van der Waals surface area contributed by atoms with Crippen molar-refractivity contribution < 1.29 is 29.5 Å². The second-order valence-corrected chi connectivity index (χ2v) is 9.60. The summed E-state index contributed by atoms with van der Waals surface area (Å²) in [5, 5.41) is 28.9. The van der Waals surface area contributed by atoms with Gasteiger partial charge in [-0.05, 0) is 49.0 Å². The summed E-state index contributed by atoms with van der Waals surface area (Å²) in [7, 11) is -0.934. The lowest BCUT2D eigenvalue weighted by Gasteiger charge is -2.42. The van der Waals surface area contributed by atoms with Gasteiger partial charge in [0.2, 0.25) is 5.91 Å². The Morgan fingerprint density at radius 3 is 2.79 bits per heavy atom. The minimum Gasteiger partial charge on any atom is -0.535 e. The van der Waals surface area contributed by atoms with Crippen LogP contribution in [-0.4, -0.2) is 70.1 Å². The Balaban J connectivity index is 1.35. The molecule has 2 aliphatic heterocycles. The third-order valence-electron chi connectivity index (χ3n) is 6.05. The van der Waals surface area contributed by atoms with Crippen molar-refractivity contribution in [3.8, 4) is 5.75 Å². The highest BCUT2D eigenvalue weighted by Crippen LogP contribution is 2.60. The lowest BCUT2D eigenvalue weighted by molar-refractivity contribution is -0.144. The van der Waals surface area contributed by atoms with Crippen molar-refractivity contribution in [2.24, 2.45) is 11.7 Å². The Kier molecular flexibility index (Phi) is 5.31. The number of fused-ring (bicyclic) bond motifs is 3. The van der Waals surface area contributed by atoms with Gasteiger partial charge in [-0.1, -0.05) is 6.07 Å². The first-order valence-electron chi connectivity index (χ1n) is 9.79. The van der Waals surface area contributed by atoms with Crippen LogP contribution in [0.15, 0.2) is 17.0 Å². The minimum atomic E-state index is -1.25. The zero-order chi connectivity index (χ0) is 20.9. The van der Waals surface area contributed by atoms with Crippen LogP contribution in [0.2, 0.25) is 5.82 Å². The zero-order valence-corrected chi connectivity index (χ0v) is 17.0. The fourth-order valence-corrected chi connectivity index (χ4v) is 5.26. The Morgan fingerprint density at radius 2 is 2.14 bits per heavy atom. The van der Waals surface area contributed by atoms with Crippen molar-refractivity contribution >= 4 is 30.8 Å². The molecule has 1 amide bonds. The molecular formula is C19H25BN2O6S. The molecule has 1 aromatic rings. The normalized spacial score (nSPS) is 24.7. The van der Waals surface area contributed by atoms with E-state index < -0.39 is 25.2 Å². The molecule has 10 heteroatoms. The third-order valence-corrected chi connectivity index (χ3v) is 7.14. The number of aromatic carboxylic acids is 1. The van der Waals surface area contributed by atoms with Gasteiger partial charge in [-0.15, -0.1) is 11.8 Å². The quantitative estimate of drug-likeness (QED) is 0.376. The molecule has 3 aliphatic rings. The van der Waals surface area contributed by atoms with Crippen LogP contribution < -0.4 is 10.4 Å². The van der Waals surface area contributed by atoms with Gasteiger partial charge < -0.3 is 30.5 Å². The van der Waals surface area contributed by atoms with Crippen LogP contribution in [0.1, 0.15) is 41.6 Å². The molecule has 0 bridgehead atoms. The summed E-state index contributed by atoms with van der Waals surface area (Å²) in [4.78, 5) is 26.3. The van der Waals surface area contributed by atoms with Gasteiger partial charge >= 0.3 is 13.1 Å². The van der Waals surface area contributed by atoms with Crippen LogP contribution >= 0.6 is 11.8 Å². The molecule has 5 N–H and O–H groups in total. The average molecular weight is 420 g/mol. The Labute approximate surface area is 173 Å². The third kappa shape index (κ3) is 3.74. The van der Waals surface area contributed by atoms with Gasteiger partial charge in [0.1, 0.15) is 16.9 Å². The van der Waals surface area contributed by atoms with Crippen LogP contribution in [-0.2, 0) is 4.79 Å². The predicted octanol–water partition coefficient (Wildman–Crippen LogP) is 0.765. The van der Waals surface area contributed by atoms with Crippen LogP contribution in [0.4, 0.5) is 0 Å². The van der Waals surface area contributed by atoms with Gasteiger partial charge in [0, 0.05) is 23.8 Å². The number of amides is 1. The molecule has 3 atom stereocenters. The average Bonchev–Trinajstić information content (AvgIpc) is 3.44. The molecule has 1 saturated heterocycles. The van der Waals surface area contributed by atoms with Crippen molar-refractivity contribution in [1.29, 1.82) is 0 Å². The van der Waals surface area contributed by atoms with Crippen molar-refractivity contribution in [1.82, 2.24) is 4.90 Å². The smallest absolute Gasteiger partial charge is 0.526 e. The van der Waals surface area contributed by atoms with Crippen molar-refractivity contribution in [3.05, 3.63) is 23.3 Å². The second kappa shape index (κ2) is 7.50. The molecule has 2 fully saturated rings. The van der Waals surface area contributed by atoms with Crippen LogP contribution in [0, 0.1) is 5.92 Å². The molecular weight excluding hydrogens is 395 g/mol. The van der Waals surface area contributed by atoms with E-state index in [9.17, 15) is 24.8 Å². The number of nitrogens with zero attached hydrogens (tertiary/aromatic N) is 1. The number of carbonyl (C=O) groups excluding carboxylic acids is 1. The van der Waals surface area contributed by atoms with Gasteiger partial charge in [0.05, 0.1) is 6.61 Å². The highest BCUT2D eigenvalue weighted by molar-refractivity contribution is 7.99. The summed E-state index contributed by atoms with van der Waals surface area (Å²) in [6.45, 7) is 2.32. The number of carbonyl (C=O) groups is 2. The van der Waals surface area contributed by atoms with E-state index >= 15 is 0 Å². The number of benzene rings is 1. The first-order chi connectivity index (χ1) is 13.7. The number of carboxylic acid groups (broad SMARTS) is 1. The second-order valence-electron chi connectivity index (χ2n) is 8.47. The lowest BCUT2D eigenvalue weighted by atomic mass is 9.77. The fraction of sp³-hybridized carbons (Fsp3) is 0.579. The number of likely N-dealkylation sites (tertiary alicyclic amines) is 1. The SMILES string of the molecule is C[C@@](N)(CO)C(=O)N1CC(CCSc2ccc3c(c2C(=O)O)OB(O)C2CC32)C1. The van der Waals surface area contributed by atoms with Gasteiger partial charge in [0.15, 0.2) is 0 Å². The number of aliphatic hydroxyl groups excluding tert-OH is 1. The molecule has 8 nitrogen and oxygen atoms in total. The number of hydrogen-bond donors (Lipinski definition) is 4. The van der Waals surface area contributed by atoms with Crippen molar-refractivity contribution in [2.45, 2.75) is 41.9 Å². The Morgan fingerprint density at radius 1 is 1.41 bits per heavy atom. The van der Waals surface area contributed by atoms with E-state index in [4.69, 9.17) is 10.4 Å². The van der Waals surface area contributed by atoms with Gasteiger partial charge in [-0.25, -0.2) is 4.79 Å². The van der Waals surface area contributed by atoms with E-state index in [0.717, 1.165) is 18.4 Å². The van der Waals surface area contributed by atoms with Gasteiger partial charge in [-0.3, -0.25) is 4.79 Å². The molecule has 1 saturated carbocycles. The summed E-state index contributed by atoms with van der Waals surface area (Å²) in [5.41, 5.74) is 5.55. The predicted molar refractivity (Wildman–Crippen MR) is 108 cm³/mol. The monoisotopic (exact) mass is 420 g/mol. The molecule has 2 unspecified atom stereocenters. The molecule has 4 rings (SSSR count). The van der Waals surface area contributed by atoms with Gasteiger partial charge in [0.25, 0.3) is 0 Å². The van der Waals surface area contributed by atoms with E-state index in [1.54, 1.807) is 4.90 Å². The topological polar surface area (TPSA) is 133 Å². The first kappa shape index (κ1) is 20.5. The lowest BCUT2D eigenvalue weighted by Crippen LogP contribution is -2.61. The van der Waals surface area contributed by atoms with Crippen molar-refractivity contribution in [2.75, 3.05) is 25.4 Å². The van der Waals surface area contributed by atoms with Crippen LogP contribution in [0.3, 0.4) is 0 Å². The van der Waals surface area contributed by atoms with Crippen molar-refractivity contribution in [3.63, 3.8) is 0 Å². The van der Waals surface area contributed by atoms with E-state index in [1.807, 2.05) is 12.1 Å². The highest BCUT2D eigenvalue weighted by Gasteiger charge is 2.54. The molecule has 2 heterocycles. The molecule has 0 aromatic heterocycles. The fourth-order valence-electron chi connectivity index (χ4n) is 4.10. The zero-order valence-electron chi connectivity index (χ0n) is 16.2. The number of rotatable bonds is 7. The van der Waals surface area contributed by atoms with Crippen LogP contribution in [0.5, 0.6) is 5.75 Å². The standard InChI is InChI=1S/C19H25BN2O6S/c1-19(21,9-23)18(26)22-7-10(8-22)4-5-29-14-3-2-11-12-6-13(12)20(27)28-16(11)15(14)17(24)25/h2-3,10,12-13,23,27H,4-9,21H2,1H3,(H,24,25)/t12?,13?,19-/m1/s1. The highest BCUT2D eigenvalue weighted by atomic mass is 32.2. The summed E-state index contributed by atoms with van der Waals surface area (Å²) in [6, 6.07) is 3.75. The summed E-state index contributed by atoms with van der Waals surface area (Å²) < 4.78 is 5.55. The molecule has 0 spiro atoms. The number of carboxylic acids is 1. The molecule has 1 aromatic carbocycles. The maximum atomic E-state index is 12.2. The largest absolute Gasteiger partial charge is 0.535 e. The van der Waals surface area contributed by atoms with E-state index in [1.165, 1.54) is 18.7 Å². The Hall–Kier alpha value is -1.75. The maximum absolute atomic E-state index is 12.2.